The van der Waals surface area contributed by atoms with Crippen LogP contribution in [0.15, 0.2) is 71.8 Å². The molecule has 0 saturated heterocycles. The number of methoxy groups -OCH3 is 2. The van der Waals surface area contributed by atoms with Gasteiger partial charge < -0.3 is 19.5 Å². The van der Waals surface area contributed by atoms with Crippen LogP contribution in [0.1, 0.15) is 28.4 Å². The van der Waals surface area contributed by atoms with Crippen LogP contribution < -0.4 is 25.0 Å². The molecule has 0 spiro atoms. The molecule has 0 aliphatic carbocycles. The third kappa shape index (κ3) is 6.67. The van der Waals surface area contributed by atoms with Crippen LogP contribution in [0, 0.1) is 0 Å². The number of hydrogen-bond donors (Lipinski definition) is 2. The Balaban J connectivity index is 1.62. The van der Waals surface area contributed by atoms with Gasteiger partial charge in [0, 0.05) is 5.69 Å². The zero-order chi connectivity index (χ0) is 25.2. The maximum Gasteiger partial charge on any atom is 0.343 e. The highest BCUT2D eigenvalue weighted by atomic mass is 16.6. The smallest absolute Gasteiger partial charge is 0.343 e. The quantitative estimate of drug-likeness (QED) is 0.169. The molecule has 0 radical (unpaired) electrons. The van der Waals surface area contributed by atoms with E-state index in [1.165, 1.54) is 26.5 Å². The highest BCUT2D eigenvalue weighted by Crippen LogP contribution is 2.28. The number of carbonyl (C=O) groups is 3. The monoisotopic (exact) mass is 475 g/mol. The van der Waals surface area contributed by atoms with Crippen LogP contribution in [0.4, 0.5) is 5.69 Å². The minimum absolute atomic E-state index is 0.204. The van der Waals surface area contributed by atoms with Crippen molar-refractivity contribution < 1.29 is 28.6 Å². The van der Waals surface area contributed by atoms with E-state index in [4.69, 9.17) is 14.2 Å². The van der Waals surface area contributed by atoms with Crippen molar-refractivity contribution in [2.24, 2.45) is 5.10 Å². The Kier molecular flexibility index (Phi) is 8.55. The summed E-state index contributed by atoms with van der Waals surface area (Å²) in [5.41, 5.74) is 4.53. The maximum absolute atomic E-state index is 12.5. The van der Waals surface area contributed by atoms with Gasteiger partial charge in [-0.3, -0.25) is 9.59 Å². The number of hydrogen-bond acceptors (Lipinski definition) is 7. The third-order valence-electron chi connectivity index (χ3n) is 4.93. The van der Waals surface area contributed by atoms with Gasteiger partial charge in [0.1, 0.15) is 5.75 Å². The number of para-hydroxylation sites is 1. The van der Waals surface area contributed by atoms with E-state index in [1.54, 1.807) is 48.5 Å². The maximum atomic E-state index is 12.5. The van der Waals surface area contributed by atoms with Crippen molar-refractivity contribution in [3.63, 3.8) is 0 Å². The lowest BCUT2D eigenvalue weighted by Gasteiger charge is -2.10. The minimum Gasteiger partial charge on any atom is -0.497 e. The van der Waals surface area contributed by atoms with Gasteiger partial charge in [-0.1, -0.05) is 31.2 Å². The van der Waals surface area contributed by atoms with Crippen molar-refractivity contribution in [2.75, 3.05) is 19.5 Å². The molecular formula is C26H25N3O6. The number of esters is 1. The first-order valence-corrected chi connectivity index (χ1v) is 10.7. The summed E-state index contributed by atoms with van der Waals surface area (Å²) in [5, 5.41) is 6.39. The average Bonchev–Trinajstić information content (AvgIpc) is 2.89. The molecular weight excluding hydrogens is 450 g/mol. The molecule has 3 rings (SSSR count). The molecule has 0 atom stereocenters. The van der Waals surface area contributed by atoms with E-state index in [1.807, 2.05) is 19.1 Å². The summed E-state index contributed by atoms with van der Waals surface area (Å²) in [6, 6.07) is 18.5. The predicted molar refractivity (Wildman–Crippen MR) is 131 cm³/mol. The fraction of sp³-hybridized carbons (Fsp3) is 0.154. The van der Waals surface area contributed by atoms with E-state index >= 15 is 0 Å². The lowest BCUT2D eigenvalue weighted by molar-refractivity contribution is -0.136. The van der Waals surface area contributed by atoms with E-state index in [-0.39, 0.29) is 11.5 Å². The van der Waals surface area contributed by atoms with Gasteiger partial charge in [-0.2, -0.15) is 5.10 Å². The number of ether oxygens (including phenoxy) is 3. The highest BCUT2D eigenvalue weighted by Gasteiger charge is 2.15. The number of anilines is 1. The van der Waals surface area contributed by atoms with Gasteiger partial charge in [-0.25, -0.2) is 10.2 Å². The van der Waals surface area contributed by atoms with Crippen LogP contribution in [-0.4, -0.2) is 38.2 Å². The van der Waals surface area contributed by atoms with Gasteiger partial charge in [0.2, 0.25) is 0 Å². The lowest BCUT2D eigenvalue weighted by atomic mass is 10.1. The average molecular weight is 476 g/mol. The van der Waals surface area contributed by atoms with Crippen LogP contribution in [-0.2, 0) is 16.0 Å². The Bertz CT molecular complexity index is 1260. The molecule has 3 aromatic carbocycles. The molecule has 2 N–H and O–H groups in total. The molecule has 0 aromatic heterocycles. The number of hydrazone groups is 1. The van der Waals surface area contributed by atoms with Gasteiger partial charge in [-0.05, 0) is 60.0 Å². The van der Waals surface area contributed by atoms with E-state index < -0.39 is 17.8 Å². The Morgan fingerprint density at radius 3 is 2.43 bits per heavy atom. The summed E-state index contributed by atoms with van der Waals surface area (Å²) in [7, 11) is 2.94. The molecule has 3 aromatic rings. The molecule has 9 nitrogen and oxygen atoms in total. The van der Waals surface area contributed by atoms with Crippen LogP contribution in [0.3, 0.4) is 0 Å². The molecule has 2 amide bonds. The summed E-state index contributed by atoms with van der Waals surface area (Å²) in [6.07, 6.45) is 2.05. The first-order chi connectivity index (χ1) is 16.9. The lowest BCUT2D eigenvalue weighted by Crippen LogP contribution is -2.32. The molecule has 9 heteroatoms. The van der Waals surface area contributed by atoms with Crippen molar-refractivity contribution in [2.45, 2.75) is 13.3 Å². The zero-order valence-electron chi connectivity index (χ0n) is 19.5. The molecule has 0 heterocycles. The first kappa shape index (κ1) is 25.0. The largest absolute Gasteiger partial charge is 0.497 e. The van der Waals surface area contributed by atoms with Crippen LogP contribution >= 0.6 is 0 Å². The number of amides is 2. The van der Waals surface area contributed by atoms with Crippen molar-refractivity contribution in [1.82, 2.24) is 5.43 Å². The van der Waals surface area contributed by atoms with Gasteiger partial charge in [0.15, 0.2) is 11.5 Å². The van der Waals surface area contributed by atoms with Crippen molar-refractivity contribution in [1.29, 1.82) is 0 Å². The van der Waals surface area contributed by atoms with Crippen molar-refractivity contribution >= 4 is 29.7 Å². The SMILES string of the molecule is CCc1ccccc1NC(=O)C(=O)N/N=C/c1ccc(OC(=O)c2cccc(OC)c2)c(OC)c1. The van der Waals surface area contributed by atoms with Crippen molar-refractivity contribution in [3.8, 4) is 17.2 Å². The normalized spacial score (nSPS) is 10.5. The number of carbonyl (C=O) groups excluding carboxylic acids is 3. The van der Waals surface area contributed by atoms with Gasteiger partial charge in [-0.15, -0.1) is 0 Å². The van der Waals surface area contributed by atoms with E-state index in [9.17, 15) is 14.4 Å². The summed E-state index contributed by atoms with van der Waals surface area (Å²) >= 11 is 0. The van der Waals surface area contributed by atoms with Gasteiger partial charge >= 0.3 is 17.8 Å². The molecule has 0 fully saturated rings. The van der Waals surface area contributed by atoms with E-state index in [2.05, 4.69) is 15.8 Å². The van der Waals surface area contributed by atoms with E-state index in [0.717, 1.165) is 5.56 Å². The number of nitrogens with one attached hydrogen (secondary N) is 2. The Hall–Kier alpha value is -4.66. The molecule has 180 valence electrons. The Morgan fingerprint density at radius 2 is 1.69 bits per heavy atom. The van der Waals surface area contributed by atoms with Gasteiger partial charge in [0.05, 0.1) is 26.0 Å². The molecule has 35 heavy (non-hydrogen) atoms. The highest BCUT2D eigenvalue weighted by molar-refractivity contribution is 6.39. The third-order valence-corrected chi connectivity index (χ3v) is 4.93. The first-order valence-electron chi connectivity index (χ1n) is 10.7. The second-order valence-corrected chi connectivity index (χ2v) is 7.20. The van der Waals surface area contributed by atoms with Crippen molar-refractivity contribution in [3.05, 3.63) is 83.4 Å². The molecule has 0 aliphatic heterocycles. The standard InChI is InChI=1S/C26H25N3O6/c1-4-18-8-5-6-11-21(18)28-24(30)25(31)29-27-16-17-12-13-22(23(14-17)34-3)35-26(32)19-9-7-10-20(15-19)33-2/h5-16H,4H2,1-3H3,(H,28,30)(H,29,31)/b27-16+. The second-order valence-electron chi connectivity index (χ2n) is 7.20. The molecule has 0 saturated carbocycles. The zero-order valence-corrected chi connectivity index (χ0v) is 19.5. The molecule has 0 bridgehead atoms. The van der Waals surface area contributed by atoms with Crippen LogP contribution in [0.2, 0.25) is 0 Å². The Morgan fingerprint density at radius 1 is 0.886 bits per heavy atom. The van der Waals surface area contributed by atoms with Crippen LogP contribution in [0.5, 0.6) is 17.2 Å². The topological polar surface area (TPSA) is 115 Å². The fourth-order valence-electron chi connectivity index (χ4n) is 3.10. The van der Waals surface area contributed by atoms with Gasteiger partial charge in [0.25, 0.3) is 0 Å². The fourth-order valence-corrected chi connectivity index (χ4v) is 3.10. The molecule has 0 unspecified atom stereocenters. The predicted octanol–water partition coefficient (Wildman–Crippen LogP) is 3.57. The summed E-state index contributed by atoms with van der Waals surface area (Å²) in [4.78, 5) is 36.7. The number of nitrogens with zero attached hydrogens (tertiary/aromatic N) is 1. The number of rotatable bonds is 8. The summed E-state index contributed by atoms with van der Waals surface area (Å²) < 4.78 is 15.9. The Labute approximate surface area is 202 Å². The summed E-state index contributed by atoms with van der Waals surface area (Å²) in [6.45, 7) is 1.95. The molecule has 0 aliphatic rings. The summed E-state index contributed by atoms with van der Waals surface area (Å²) in [5.74, 6) is -1.31. The minimum atomic E-state index is -0.914. The number of benzene rings is 3. The van der Waals surface area contributed by atoms with Crippen LogP contribution in [0.25, 0.3) is 0 Å². The number of aryl methyl sites for hydroxylation is 1. The second kappa shape index (κ2) is 12.0. The van der Waals surface area contributed by atoms with E-state index in [0.29, 0.717) is 29.0 Å².